The minimum atomic E-state index is -0.575. The zero-order valence-electron chi connectivity index (χ0n) is 11.1. The summed E-state index contributed by atoms with van der Waals surface area (Å²) in [6.07, 6.45) is 0. The first-order chi connectivity index (χ1) is 9.97. The largest absolute Gasteiger partial charge is 0.381 e. The first kappa shape index (κ1) is 14.9. The molecule has 2 aromatic carbocycles. The number of primary amides is 2. The van der Waals surface area contributed by atoms with Crippen molar-refractivity contribution >= 4 is 29.1 Å². The van der Waals surface area contributed by atoms with Crippen molar-refractivity contribution in [3.63, 3.8) is 0 Å². The second-order valence-corrected chi connectivity index (χ2v) is 4.88. The van der Waals surface area contributed by atoms with Gasteiger partial charge < -0.3 is 16.8 Å². The van der Waals surface area contributed by atoms with E-state index in [1.165, 1.54) is 0 Å². The number of nitrogens with one attached hydrogen (secondary N) is 1. The van der Waals surface area contributed by atoms with Crippen LogP contribution in [0.25, 0.3) is 0 Å². The summed E-state index contributed by atoms with van der Waals surface area (Å²) in [4.78, 5) is 22.2. The molecule has 2 aromatic rings. The molecule has 2 amide bonds. The molecule has 5 N–H and O–H groups in total. The van der Waals surface area contributed by atoms with Crippen LogP contribution in [-0.2, 0) is 6.54 Å². The molecule has 0 atom stereocenters. The fourth-order valence-electron chi connectivity index (χ4n) is 1.82. The van der Waals surface area contributed by atoms with Crippen LogP contribution >= 0.6 is 11.6 Å². The number of hydrogen-bond acceptors (Lipinski definition) is 3. The van der Waals surface area contributed by atoms with Gasteiger partial charge in [0.1, 0.15) is 0 Å². The molecule has 0 spiro atoms. The summed E-state index contributed by atoms with van der Waals surface area (Å²) in [7, 11) is 0. The van der Waals surface area contributed by atoms with E-state index in [2.05, 4.69) is 5.32 Å². The fraction of sp³-hybridized carbons (Fsp3) is 0.0667. The lowest BCUT2D eigenvalue weighted by Gasteiger charge is -2.09. The third-order valence-electron chi connectivity index (χ3n) is 2.97. The molecule has 5 nitrogen and oxygen atoms in total. The van der Waals surface area contributed by atoms with E-state index < -0.39 is 11.8 Å². The highest BCUT2D eigenvalue weighted by molar-refractivity contribution is 6.33. The third kappa shape index (κ3) is 3.73. The summed E-state index contributed by atoms with van der Waals surface area (Å²) in [5, 5.41) is 3.47. The van der Waals surface area contributed by atoms with Gasteiger partial charge in [-0.1, -0.05) is 23.7 Å². The molecule has 21 heavy (non-hydrogen) atoms. The SMILES string of the molecule is NC(=O)c1ccc(CNc2ccc(Cl)c(C(N)=O)c2)cc1. The molecule has 0 aromatic heterocycles. The summed E-state index contributed by atoms with van der Waals surface area (Å²) >= 11 is 5.88. The van der Waals surface area contributed by atoms with Crippen molar-refractivity contribution < 1.29 is 9.59 Å². The Morgan fingerprint density at radius 2 is 1.67 bits per heavy atom. The van der Waals surface area contributed by atoms with Crippen LogP contribution in [0, 0.1) is 0 Å². The van der Waals surface area contributed by atoms with Crippen LogP contribution < -0.4 is 16.8 Å². The lowest BCUT2D eigenvalue weighted by Crippen LogP contribution is -2.12. The Hall–Kier alpha value is -2.53. The van der Waals surface area contributed by atoms with Gasteiger partial charge >= 0.3 is 0 Å². The average molecular weight is 304 g/mol. The number of nitrogens with two attached hydrogens (primary N) is 2. The number of hydrogen-bond donors (Lipinski definition) is 3. The molecule has 0 aliphatic heterocycles. The Bertz CT molecular complexity index is 684. The Labute approximate surface area is 126 Å². The fourth-order valence-corrected chi connectivity index (χ4v) is 2.03. The summed E-state index contributed by atoms with van der Waals surface area (Å²) in [5.41, 5.74) is 12.8. The van der Waals surface area contributed by atoms with Crippen LogP contribution in [0.1, 0.15) is 26.3 Å². The molecule has 0 fully saturated rings. The zero-order valence-corrected chi connectivity index (χ0v) is 11.9. The molecule has 0 saturated heterocycles. The Kier molecular flexibility index (Phi) is 4.45. The molecule has 108 valence electrons. The lowest BCUT2D eigenvalue weighted by atomic mass is 10.1. The van der Waals surface area contributed by atoms with Gasteiger partial charge in [0, 0.05) is 17.8 Å². The smallest absolute Gasteiger partial charge is 0.250 e. The van der Waals surface area contributed by atoms with Gasteiger partial charge in [-0.3, -0.25) is 9.59 Å². The molecule has 0 bridgehead atoms. The minimum absolute atomic E-state index is 0.269. The highest BCUT2D eigenvalue weighted by Crippen LogP contribution is 2.20. The molecular weight excluding hydrogens is 290 g/mol. The molecule has 0 saturated carbocycles. The predicted octanol–water partition coefficient (Wildman–Crippen LogP) is 2.15. The maximum atomic E-state index is 11.2. The maximum absolute atomic E-state index is 11.2. The Balaban J connectivity index is 2.07. The number of anilines is 1. The van der Waals surface area contributed by atoms with E-state index in [1.807, 2.05) is 0 Å². The van der Waals surface area contributed by atoms with E-state index >= 15 is 0 Å². The molecule has 0 radical (unpaired) electrons. The monoisotopic (exact) mass is 303 g/mol. The van der Waals surface area contributed by atoms with E-state index in [1.54, 1.807) is 42.5 Å². The molecule has 0 heterocycles. The van der Waals surface area contributed by atoms with E-state index in [0.717, 1.165) is 11.3 Å². The predicted molar refractivity (Wildman–Crippen MR) is 82.3 cm³/mol. The van der Waals surface area contributed by atoms with Crippen molar-refractivity contribution in [3.8, 4) is 0 Å². The second-order valence-electron chi connectivity index (χ2n) is 4.47. The molecule has 0 aliphatic rings. The molecule has 6 heteroatoms. The van der Waals surface area contributed by atoms with E-state index in [4.69, 9.17) is 23.1 Å². The van der Waals surface area contributed by atoms with E-state index in [-0.39, 0.29) is 5.56 Å². The number of carbonyl (C=O) groups is 2. The van der Waals surface area contributed by atoms with Crippen LogP contribution in [0.2, 0.25) is 5.02 Å². The van der Waals surface area contributed by atoms with Gasteiger partial charge in [0.2, 0.25) is 11.8 Å². The summed E-state index contributed by atoms with van der Waals surface area (Å²) in [5.74, 6) is -1.03. The van der Waals surface area contributed by atoms with Gasteiger partial charge in [-0.2, -0.15) is 0 Å². The first-order valence-corrected chi connectivity index (χ1v) is 6.57. The van der Waals surface area contributed by atoms with E-state index in [9.17, 15) is 9.59 Å². The Morgan fingerprint density at radius 1 is 1.00 bits per heavy atom. The van der Waals surface area contributed by atoms with Crippen LogP contribution in [0.5, 0.6) is 0 Å². The van der Waals surface area contributed by atoms with Crippen molar-refractivity contribution in [1.29, 1.82) is 0 Å². The third-order valence-corrected chi connectivity index (χ3v) is 3.30. The second kappa shape index (κ2) is 6.28. The maximum Gasteiger partial charge on any atom is 0.250 e. The Morgan fingerprint density at radius 3 is 2.24 bits per heavy atom. The molecule has 2 rings (SSSR count). The standard InChI is InChI=1S/C15H14ClN3O2/c16-13-6-5-11(7-12(13)15(18)21)19-8-9-1-3-10(4-2-9)14(17)20/h1-7,19H,8H2,(H2,17,20)(H2,18,21). The molecule has 0 unspecified atom stereocenters. The van der Waals surface area contributed by atoms with Crippen LogP contribution in [0.4, 0.5) is 5.69 Å². The van der Waals surface area contributed by atoms with Crippen LogP contribution in [0.15, 0.2) is 42.5 Å². The van der Waals surface area contributed by atoms with Crippen molar-refractivity contribution in [2.45, 2.75) is 6.54 Å². The van der Waals surface area contributed by atoms with Gasteiger partial charge in [-0.25, -0.2) is 0 Å². The van der Waals surface area contributed by atoms with Gasteiger partial charge in [-0.05, 0) is 35.9 Å². The van der Waals surface area contributed by atoms with Crippen LogP contribution in [-0.4, -0.2) is 11.8 Å². The number of amides is 2. The number of benzene rings is 2. The lowest BCUT2D eigenvalue weighted by molar-refractivity contribution is 0.0992. The van der Waals surface area contributed by atoms with Gasteiger partial charge in [-0.15, -0.1) is 0 Å². The van der Waals surface area contributed by atoms with Gasteiger partial charge in [0.15, 0.2) is 0 Å². The summed E-state index contributed by atoms with van der Waals surface area (Å²) in [6.45, 7) is 0.527. The average Bonchev–Trinajstić information content (AvgIpc) is 2.46. The van der Waals surface area contributed by atoms with Gasteiger partial charge in [0.25, 0.3) is 0 Å². The van der Waals surface area contributed by atoms with Crippen LogP contribution in [0.3, 0.4) is 0 Å². The van der Waals surface area contributed by atoms with Gasteiger partial charge in [0.05, 0.1) is 10.6 Å². The van der Waals surface area contributed by atoms with Crippen molar-refractivity contribution in [2.24, 2.45) is 11.5 Å². The van der Waals surface area contributed by atoms with Crippen molar-refractivity contribution in [3.05, 3.63) is 64.2 Å². The summed E-state index contributed by atoms with van der Waals surface area (Å²) < 4.78 is 0. The zero-order chi connectivity index (χ0) is 15.4. The first-order valence-electron chi connectivity index (χ1n) is 6.19. The minimum Gasteiger partial charge on any atom is -0.381 e. The van der Waals surface area contributed by atoms with E-state index in [0.29, 0.717) is 17.1 Å². The quantitative estimate of drug-likeness (QED) is 0.789. The number of rotatable bonds is 5. The topological polar surface area (TPSA) is 98.2 Å². The van der Waals surface area contributed by atoms with Crippen molar-refractivity contribution in [2.75, 3.05) is 5.32 Å². The molecule has 0 aliphatic carbocycles. The molecular formula is C15H14ClN3O2. The highest BCUT2D eigenvalue weighted by Gasteiger charge is 2.07. The highest BCUT2D eigenvalue weighted by atomic mass is 35.5. The summed E-state index contributed by atoms with van der Waals surface area (Å²) in [6, 6.07) is 11.9. The van der Waals surface area contributed by atoms with Crippen molar-refractivity contribution in [1.82, 2.24) is 0 Å². The normalized spacial score (nSPS) is 10.1. The number of halogens is 1. The number of carbonyl (C=O) groups excluding carboxylic acids is 2.